The van der Waals surface area contributed by atoms with Crippen molar-refractivity contribution < 1.29 is 4.79 Å². The van der Waals surface area contributed by atoms with E-state index in [0.717, 1.165) is 13.1 Å². The minimum Gasteiger partial charge on any atom is -0.369 e. The number of hydrogen-bond acceptors (Lipinski definition) is 2. The maximum atomic E-state index is 11.0. The average molecular weight is 246 g/mol. The number of nitrogens with zero attached hydrogens (tertiary/aromatic N) is 1. The van der Waals surface area contributed by atoms with Gasteiger partial charge in [0.05, 0.1) is 6.54 Å². The lowest BCUT2D eigenvalue weighted by Gasteiger charge is -2.20. The number of carbonyl (C=O) groups is 1. The van der Waals surface area contributed by atoms with Crippen LogP contribution in [0.3, 0.4) is 0 Å². The van der Waals surface area contributed by atoms with Gasteiger partial charge in [0.15, 0.2) is 0 Å². The molecule has 0 saturated carbocycles. The molecule has 0 saturated heterocycles. The molecule has 0 aliphatic heterocycles. The molecule has 0 heterocycles. The quantitative estimate of drug-likeness (QED) is 0.801. The Labute approximate surface area is 109 Å². The van der Waals surface area contributed by atoms with E-state index in [1.165, 1.54) is 5.56 Å². The molecule has 0 aliphatic carbocycles. The highest BCUT2D eigenvalue weighted by molar-refractivity contribution is 5.75. The van der Waals surface area contributed by atoms with Gasteiger partial charge in [-0.3, -0.25) is 9.69 Å². The van der Waals surface area contributed by atoms with Crippen molar-refractivity contribution in [1.29, 1.82) is 0 Å². The Kier molecular flexibility index (Phi) is 6.15. The van der Waals surface area contributed by atoms with Gasteiger partial charge in [-0.15, -0.1) is 0 Å². The lowest BCUT2D eigenvalue weighted by atomic mass is 10.2. The first kappa shape index (κ1) is 14.5. The van der Waals surface area contributed by atoms with E-state index in [9.17, 15) is 4.79 Å². The summed E-state index contributed by atoms with van der Waals surface area (Å²) in [7, 11) is 0. The van der Waals surface area contributed by atoms with Gasteiger partial charge in [-0.25, -0.2) is 0 Å². The van der Waals surface area contributed by atoms with Crippen molar-refractivity contribution in [2.45, 2.75) is 13.8 Å². The van der Waals surface area contributed by atoms with Crippen molar-refractivity contribution in [3.63, 3.8) is 0 Å². The molecule has 2 N–H and O–H groups in total. The lowest BCUT2D eigenvalue weighted by molar-refractivity contribution is -0.119. The fourth-order valence-electron chi connectivity index (χ4n) is 1.84. The van der Waals surface area contributed by atoms with E-state index in [0.29, 0.717) is 12.5 Å². The maximum absolute atomic E-state index is 11.0. The van der Waals surface area contributed by atoms with Crippen LogP contribution >= 0.6 is 0 Å². The molecule has 0 atom stereocenters. The third kappa shape index (κ3) is 6.21. The summed E-state index contributed by atoms with van der Waals surface area (Å²) < 4.78 is 0. The van der Waals surface area contributed by atoms with Gasteiger partial charge in [-0.2, -0.15) is 0 Å². The number of rotatable bonds is 7. The molecule has 0 aliphatic rings. The molecule has 0 spiro atoms. The molecular formula is C15H22N2O. The van der Waals surface area contributed by atoms with E-state index in [-0.39, 0.29) is 5.91 Å². The summed E-state index contributed by atoms with van der Waals surface area (Å²) in [5.41, 5.74) is 6.41. The maximum Gasteiger partial charge on any atom is 0.231 e. The SMILES string of the molecule is CC(C)CN(CC=Cc1ccccc1)CC(N)=O. The summed E-state index contributed by atoms with van der Waals surface area (Å²) in [6, 6.07) is 10.1. The number of hydrogen-bond donors (Lipinski definition) is 1. The lowest BCUT2D eigenvalue weighted by Crippen LogP contribution is -2.36. The predicted octanol–water partition coefficient (Wildman–Crippen LogP) is 2.14. The van der Waals surface area contributed by atoms with Gasteiger partial charge in [0.1, 0.15) is 0 Å². The number of primary amides is 1. The van der Waals surface area contributed by atoms with Crippen LogP contribution in [0.1, 0.15) is 19.4 Å². The van der Waals surface area contributed by atoms with Crippen LogP contribution in [0.15, 0.2) is 36.4 Å². The summed E-state index contributed by atoms with van der Waals surface area (Å²) >= 11 is 0. The summed E-state index contributed by atoms with van der Waals surface area (Å²) in [6.45, 7) is 6.21. The second kappa shape index (κ2) is 7.67. The summed E-state index contributed by atoms with van der Waals surface area (Å²) in [6.07, 6.45) is 4.13. The molecule has 3 heteroatoms. The van der Waals surface area contributed by atoms with Gasteiger partial charge < -0.3 is 5.73 Å². The van der Waals surface area contributed by atoms with Gasteiger partial charge in [0.2, 0.25) is 5.91 Å². The van der Waals surface area contributed by atoms with E-state index >= 15 is 0 Å². The van der Waals surface area contributed by atoms with Crippen LogP contribution in [0, 0.1) is 5.92 Å². The largest absolute Gasteiger partial charge is 0.369 e. The second-order valence-corrected chi connectivity index (χ2v) is 4.87. The molecule has 18 heavy (non-hydrogen) atoms. The Balaban J connectivity index is 2.50. The van der Waals surface area contributed by atoms with Crippen molar-refractivity contribution in [3.05, 3.63) is 42.0 Å². The molecule has 0 aromatic heterocycles. The fourth-order valence-corrected chi connectivity index (χ4v) is 1.84. The molecule has 0 unspecified atom stereocenters. The summed E-state index contributed by atoms with van der Waals surface area (Å²) in [5.74, 6) is 0.248. The minimum absolute atomic E-state index is 0.274. The van der Waals surface area contributed by atoms with Crippen molar-refractivity contribution in [2.24, 2.45) is 11.7 Å². The smallest absolute Gasteiger partial charge is 0.231 e. The van der Waals surface area contributed by atoms with Gasteiger partial charge in [-0.1, -0.05) is 56.3 Å². The van der Waals surface area contributed by atoms with Crippen molar-refractivity contribution in [2.75, 3.05) is 19.6 Å². The van der Waals surface area contributed by atoms with Crippen LogP contribution < -0.4 is 5.73 Å². The Bertz CT molecular complexity index is 385. The van der Waals surface area contributed by atoms with Gasteiger partial charge in [0, 0.05) is 13.1 Å². The minimum atomic E-state index is -0.274. The van der Waals surface area contributed by atoms with Crippen LogP contribution in [-0.4, -0.2) is 30.4 Å². The molecule has 1 rings (SSSR count). The predicted molar refractivity (Wildman–Crippen MR) is 75.9 cm³/mol. The Morgan fingerprint density at radius 2 is 2.00 bits per heavy atom. The molecule has 1 aromatic rings. The topological polar surface area (TPSA) is 46.3 Å². The zero-order valence-corrected chi connectivity index (χ0v) is 11.2. The number of amides is 1. The molecule has 1 aromatic carbocycles. The number of benzene rings is 1. The molecular weight excluding hydrogens is 224 g/mol. The number of carbonyl (C=O) groups excluding carboxylic acids is 1. The fraction of sp³-hybridized carbons (Fsp3) is 0.400. The van der Waals surface area contributed by atoms with Crippen molar-refractivity contribution in [3.8, 4) is 0 Å². The monoisotopic (exact) mass is 246 g/mol. The van der Waals surface area contributed by atoms with Gasteiger partial charge in [-0.05, 0) is 11.5 Å². The van der Waals surface area contributed by atoms with E-state index in [1.807, 2.05) is 18.2 Å². The zero-order chi connectivity index (χ0) is 13.4. The molecule has 98 valence electrons. The normalized spacial score (nSPS) is 11.6. The van der Waals surface area contributed by atoms with Crippen LogP contribution in [0.5, 0.6) is 0 Å². The van der Waals surface area contributed by atoms with E-state index in [2.05, 4.69) is 43.0 Å². The van der Waals surface area contributed by atoms with Gasteiger partial charge in [0.25, 0.3) is 0 Å². The van der Waals surface area contributed by atoms with E-state index < -0.39 is 0 Å². The Hall–Kier alpha value is -1.61. The first-order valence-corrected chi connectivity index (χ1v) is 6.30. The van der Waals surface area contributed by atoms with E-state index in [1.54, 1.807) is 0 Å². The average Bonchev–Trinajstić information content (AvgIpc) is 2.28. The van der Waals surface area contributed by atoms with Crippen LogP contribution in [0.4, 0.5) is 0 Å². The van der Waals surface area contributed by atoms with Gasteiger partial charge >= 0.3 is 0 Å². The highest BCUT2D eigenvalue weighted by atomic mass is 16.1. The molecule has 0 bridgehead atoms. The number of nitrogens with two attached hydrogens (primary N) is 1. The second-order valence-electron chi connectivity index (χ2n) is 4.87. The Morgan fingerprint density at radius 3 is 2.56 bits per heavy atom. The van der Waals surface area contributed by atoms with Crippen molar-refractivity contribution >= 4 is 12.0 Å². The highest BCUT2D eigenvalue weighted by Gasteiger charge is 2.08. The third-order valence-corrected chi connectivity index (χ3v) is 2.48. The third-order valence-electron chi connectivity index (χ3n) is 2.48. The molecule has 1 amide bonds. The molecule has 3 nitrogen and oxygen atoms in total. The first-order valence-electron chi connectivity index (χ1n) is 6.30. The van der Waals surface area contributed by atoms with E-state index in [4.69, 9.17) is 5.73 Å². The molecule has 0 fully saturated rings. The summed E-state index contributed by atoms with van der Waals surface area (Å²) in [4.78, 5) is 13.0. The zero-order valence-electron chi connectivity index (χ0n) is 11.2. The standard InChI is InChI=1S/C15H22N2O/c1-13(2)11-17(12-15(16)18)10-6-9-14-7-4-3-5-8-14/h3-9,13H,10-12H2,1-2H3,(H2,16,18). The highest BCUT2D eigenvalue weighted by Crippen LogP contribution is 2.03. The first-order chi connectivity index (χ1) is 8.58. The van der Waals surface area contributed by atoms with Crippen LogP contribution in [0.2, 0.25) is 0 Å². The molecule has 0 radical (unpaired) electrons. The van der Waals surface area contributed by atoms with Crippen molar-refractivity contribution in [1.82, 2.24) is 4.90 Å². The van der Waals surface area contributed by atoms with Crippen LogP contribution in [-0.2, 0) is 4.79 Å². The van der Waals surface area contributed by atoms with Crippen LogP contribution in [0.25, 0.3) is 6.08 Å². The summed E-state index contributed by atoms with van der Waals surface area (Å²) in [5, 5.41) is 0. The Morgan fingerprint density at radius 1 is 1.33 bits per heavy atom.